The summed E-state index contributed by atoms with van der Waals surface area (Å²) in [5.41, 5.74) is 0.541. The largest absolute Gasteiger partial charge is 0.490 e. The van der Waals surface area contributed by atoms with Gasteiger partial charge in [-0.1, -0.05) is 24.3 Å². The van der Waals surface area contributed by atoms with E-state index in [1.165, 1.54) is 10.2 Å². The van der Waals surface area contributed by atoms with E-state index in [-0.39, 0.29) is 18.1 Å². The van der Waals surface area contributed by atoms with Gasteiger partial charge in [0.1, 0.15) is 12.4 Å². The van der Waals surface area contributed by atoms with E-state index in [9.17, 15) is 8.42 Å². The summed E-state index contributed by atoms with van der Waals surface area (Å²) in [6.07, 6.45) is 1.51. The molecule has 1 heterocycles. The minimum absolute atomic E-state index is 0.0978. The summed E-state index contributed by atoms with van der Waals surface area (Å²) < 4.78 is 32.1. The van der Waals surface area contributed by atoms with E-state index in [1.54, 1.807) is 54.6 Å². The van der Waals surface area contributed by atoms with Crippen molar-refractivity contribution in [3.8, 4) is 5.75 Å². The topological polar surface area (TPSA) is 68.5 Å². The number of hydrogen-bond donors (Lipinski definition) is 1. The van der Waals surface area contributed by atoms with E-state index >= 15 is 0 Å². The summed E-state index contributed by atoms with van der Waals surface area (Å²) in [7, 11) is -3.65. The van der Waals surface area contributed by atoms with Crippen molar-refractivity contribution in [2.75, 3.05) is 13.2 Å². The molecule has 0 aliphatic rings. The Morgan fingerprint density at radius 1 is 1.00 bits per heavy atom. The second-order valence-electron chi connectivity index (χ2n) is 4.69. The van der Waals surface area contributed by atoms with Crippen LogP contribution in [-0.2, 0) is 10.0 Å². The number of ether oxygens (including phenoxy) is 1. The molecule has 0 aliphatic heterocycles. The van der Waals surface area contributed by atoms with Crippen molar-refractivity contribution in [1.29, 1.82) is 0 Å². The quantitative estimate of drug-likeness (QED) is 0.783. The van der Waals surface area contributed by atoms with E-state index in [0.717, 1.165) is 0 Å². The van der Waals surface area contributed by atoms with Crippen molar-refractivity contribution in [2.24, 2.45) is 0 Å². The van der Waals surface area contributed by atoms with Crippen molar-refractivity contribution >= 4 is 20.9 Å². The first kappa shape index (κ1) is 14.6. The van der Waals surface area contributed by atoms with Crippen LogP contribution in [0, 0.1) is 0 Å². The summed E-state index contributed by atoms with van der Waals surface area (Å²) in [6, 6.07) is 15.2. The van der Waals surface area contributed by atoms with Gasteiger partial charge < -0.3 is 9.84 Å². The summed E-state index contributed by atoms with van der Waals surface area (Å²) >= 11 is 0. The van der Waals surface area contributed by atoms with Crippen LogP contribution in [0.2, 0.25) is 0 Å². The molecule has 3 aromatic rings. The van der Waals surface area contributed by atoms with Crippen LogP contribution in [0.1, 0.15) is 0 Å². The molecule has 1 aromatic heterocycles. The highest BCUT2D eigenvalue weighted by Gasteiger charge is 2.19. The average molecular weight is 317 g/mol. The van der Waals surface area contributed by atoms with Gasteiger partial charge in [0.05, 0.1) is 17.0 Å². The lowest BCUT2D eigenvalue weighted by atomic mass is 10.2. The predicted molar refractivity (Wildman–Crippen MR) is 83.5 cm³/mol. The first-order valence-corrected chi connectivity index (χ1v) is 8.23. The SMILES string of the molecule is O=S(=O)(c1ccccc1)n1ccc2c(OCCO)cccc21. The monoisotopic (exact) mass is 317 g/mol. The second kappa shape index (κ2) is 5.82. The van der Waals surface area contributed by atoms with Crippen LogP contribution < -0.4 is 4.74 Å². The first-order chi connectivity index (χ1) is 10.6. The number of aliphatic hydroxyl groups is 1. The molecule has 0 amide bonds. The van der Waals surface area contributed by atoms with Crippen LogP contribution in [0.25, 0.3) is 10.9 Å². The van der Waals surface area contributed by atoms with Crippen LogP contribution >= 0.6 is 0 Å². The molecule has 3 rings (SSSR count). The molecule has 0 saturated carbocycles. The predicted octanol–water partition coefficient (Wildman–Crippen LogP) is 2.25. The van der Waals surface area contributed by atoms with Gasteiger partial charge in [0.2, 0.25) is 0 Å². The molecule has 0 aliphatic carbocycles. The first-order valence-electron chi connectivity index (χ1n) is 6.79. The number of benzene rings is 2. The average Bonchev–Trinajstić information content (AvgIpc) is 2.99. The van der Waals surface area contributed by atoms with E-state index in [2.05, 4.69) is 0 Å². The van der Waals surface area contributed by atoms with Gasteiger partial charge in [-0.25, -0.2) is 12.4 Å². The molecule has 0 atom stereocenters. The van der Waals surface area contributed by atoms with Crippen molar-refractivity contribution in [1.82, 2.24) is 3.97 Å². The number of hydrogen-bond acceptors (Lipinski definition) is 4. The molecular weight excluding hydrogens is 302 g/mol. The maximum absolute atomic E-state index is 12.7. The van der Waals surface area contributed by atoms with Crippen LogP contribution in [0.15, 0.2) is 65.7 Å². The highest BCUT2D eigenvalue weighted by molar-refractivity contribution is 7.90. The fraction of sp³-hybridized carbons (Fsp3) is 0.125. The third-order valence-corrected chi connectivity index (χ3v) is 5.01. The van der Waals surface area contributed by atoms with Crippen LogP contribution in [0.3, 0.4) is 0 Å². The number of rotatable bonds is 5. The van der Waals surface area contributed by atoms with E-state index < -0.39 is 10.0 Å². The van der Waals surface area contributed by atoms with E-state index in [1.807, 2.05) is 0 Å². The van der Waals surface area contributed by atoms with Gasteiger partial charge in [0.25, 0.3) is 10.0 Å². The standard InChI is InChI=1S/C16H15NO4S/c18-11-12-21-16-8-4-7-15-14(16)9-10-17(15)22(19,20)13-5-2-1-3-6-13/h1-10,18H,11-12H2. The summed E-state index contributed by atoms with van der Waals surface area (Å²) in [6.45, 7) is 0.0646. The van der Waals surface area contributed by atoms with Gasteiger partial charge in [-0.15, -0.1) is 0 Å². The minimum Gasteiger partial charge on any atom is -0.490 e. The fourth-order valence-electron chi connectivity index (χ4n) is 2.31. The molecule has 0 saturated heterocycles. The number of fused-ring (bicyclic) bond motifs is 1. The van der Waals surface area contributed by atoms with Crippen LogP contribution in [0.4, 0.5) is 0 Å². The normalized spacial score (nSPS) is 11.7. The zero-order valence-electron chi connectivity index (χ0n) is 11.7. The van der Waals surface area contributed by atoms with Crippen LogP contribution in [-0.4, -0.2) is 30.7 Å². The minimum atomic E-state index is -3.65. The maximum atomic E-state index is 12.7. The third kappa shape index (κ3) is 2.47. The molecule has 5 nitrogen and oxygen atoms in total. The number of aromatic nitrogens is 1. The molecule has 0 fully saturated rings. The fourth-order valence-corrected chi connectivity index (χ4v) is 3.68. The molecule has 22 heavy (non-hydrogen) atoms. The smallest absolute Gasteiger partial charge is 0.268 e. The van der Waals surface area contributed by atoms with Crippen molar-refractivity contribution in [3.05, 3.63) is 60.8 Å². The molecule has 114 valence electrons. The van der Waals surface area contributed by atoms with Crippen molar-refractivity contribution in [3.63, 3.8) is 0 Å². The molecule has 0 unspecified atom stereocenters. The Morgan fingerprint density at radius 3 is 2.50 bits per heavy atom. The lowest BCUT2D eigenvalue weighted by molar-refractivity contribution is 0.203. The molecule has 6 heteroatoms. The molecule has 2 aromatic carbocycles. The van der Waals surface area contributed by atoms with Gasteiger partial charge in [-0.05, 0) is 30.3 Å². The van der Waals surface area contributed by atoms with E-state index in [0.29, 0.717) is 16.7 Å². The van der Waals surface area contributed by atoms with Crippen LogP contribution in [0.5, 0.6) is 5.75 Å². The molecule has 0 radical (unpaired) electrons. The van der Waals surface area contributed by atoms with Crippen molar-refractivity contribution < 1.29 is 18.3 Å². The van der Waals surface area contributed by atoms with Gasteiger partial charge in [-0.2, -0.15) is 0 Å². The summed E-state index contributed by atoms with van der Waals surface area (Å²) in [4.78, 5) is 0.231. The Morgan fingerprint density at radius 2 is 1.77 bits per heavy atom. The van der Waals surface area contributed by atoms with Gasteiger partial charge in [-0.3, -0.25) is 0 Å². The Labute approximate surface area is 128 Å². The molecule has 0 spiro atoms. The number of aliphatic hydroxyl groups excluding tert-OH is 1. The molecule has 0 bridgehead atoms. The molecular formula is C16H15NO4S. The Balaban J connectivity index is 2.13. The Bertz CT molecular complexity index is 885. The highest BCUT2D eigenvalue weighted by Crippen LogP contribution is 2.29. The van der Waals surface area contributed by atoms with Gasteiger partial charge >= 0.3 is 0 Å². The van der Waals surface area contributed by atoms with Gasteiger partial charge in [0.15, 0.2) is 0 Å². The lowest BCUT2D eigenvalue weighted by Gasteiger charge is -2.09. The number of nitrogens with zero attached hydrogens (tertiary/aromatic N) is 1. The Kier molecular flexibility index (Phi) is 3.87. The molecule has 1 N–H and O–H groups in total. The van der Waals surface area contributed by atoms with E-state index in [4.69, 9.17) is 9.84 Å². The Hall–Kier alpha value is -2.31. The third-order valence-electron chi connectivity index (χ3n) is 3.31. The highest BCUT2D eigenvalue weighted by atomic mass is 32.2. The lowest BCUT2D eigenvalue weighted by Crippen LogP contribution is -2.11. The maximum Gasteiger partial charge on any atom is 0.268 e. The zero-order valence-corrected chi connectivity index (χ0v) is 12.5. The van der Waals surface area contributed by atoms with Gasteiger partial charge in [0, 0.05) is 11.6 Å². The summed E-state index contributed by atoms with van der Waals surface area (Å²) in [5.74, 6) is 0.550. The van der Waals surface area contributed by atoms with Crippen molar-refractivity contribution in [2.45, 2.75) is 4.90 Å². The zero-order chi connectivity index (χ0) is 15.6. The second-order valence-corrected chi connectivity index (χ2v) is 6.51. The summed E-state index contributed by atoms with van der Waals surface area (Å²) in [5, 5.41) is 9.55.